The van der Waals surface area contributed by atoms with Crippen molar-refractivity contribution in [3.63, 3.8) is 0 Å². The molecule has 0 aliphatic rings. The minimum Gasteiger partial charge on any atom is -0.375 e. The molecule has 0 heterocycles. The summed E-state index contributed by atoms with van der Waals surface area (Å²) >= 11 is 0. The highest BCUT2D eigenvalue weighted by atomic mass is 15.1. The first kappa shape index (κ1) is 11.0. The van der Waals surface area contributed by atoms with E-state index in [-0.39, 0.29) is 0 Å². The maximum atomic E-state index is 3.76. The summed E-state index contributed by atoms with van der Waals surface area (Å²) in [4.78, 5) is 2.16. The summed E-state index contributed by atoms with van der Waals surface area (Å²) in [5.74, 6) is 0. The smallest absolute Gasteiger partial charge is 0.0357 e. The minimum absolute atomic E-state index is 1.01. The van der Waals surface area contributed by atoms with Crippen LogP contribution in [0.4, 0.5) is 0 Å². The molecule has 1 nitrogen and oxygen atoms in total. The summed E-state index contributed by atoms with van der Waals surface area (Å²) in [5.41, 5.74) is 1.17. The molecule has 0 aliphatic carbocycles. The third-order valence-electron chi connectivity index (χ3n) is 1.76. The molecule has 0 aromatic carbocycles. The lowest BCUT2D eigenvalue weighted by Crippen LogP contribution is -2.14. The second-order valence-electron chi connectivity index (χ2n) is 2.65. The fraction of sp³-hybridized carbons (Fsp3) is 0.455. The van der Waals surface area contributed by atoms with E-state index in [0.29, 0.717) is 0 Å². The molecule has 0 amide bonds. The number of rotatable bonds is 5. The molecule has 0 fully saturated rings. The topological polar surface area (TPSA) is 3.24 Å². The van der Waals surface area contributed by atoms with E-state index in [1.165, 1.54) is 5.70 Å². The predicted molar refractivity (Wildman–Crippen MR) is 56.0 cm³/mol. The second-order valence-corrected chi connectivity index (χ2v) is 2.65. The van der Waals surface area contributed by atoms with Crippen molar-refractivity contribution in [2.45, 2.75) is 20.3 Å². The van der Waals surface area contributed by atoms with Crippen LogP contribution in [0.1, 0.15) is 20.3 Å². The van der Waals surface area contributed by atoms with Crippen LogP contribution in [0.15, 0.2) is 36.6 Å². The molecule has 0 aromatic rings. The molecule has 1 heteroatoms. The van der Waals surface area contributed by atoms with Crippen molar-refractivity contribution in [3.8, 4) is 0 Å². The quantitative estimate of drug-likeness (QED) is 0.566. The summed E-state index contributed by atoms with van der Waals surface area (Å²) in [6.07, 6.45) is 9.25. The molecule has 0 aliphatic heterocycles. The molecule has 0 N–H and O–H groups in total. The van der Waals surface area contributed by atoms with Crippen LogP contribution in [0, 0.1) is 0 Å². The minimum atomic E-state index is 1.01. The van der Waals surface area contributed by atoms with Crippen molar-refractivity contribution in [3.05, 3.63) is 36.6 Å². The fourth-order valence-corrected chi connectivity index (χ4v) is 0.836. The molecule has 0 unspecified atom stereocenters. The summed E-state index contributed by atoms with van der Waals surface area (Å²) in [6, 6.07) is 0. The van der Waals surface area contributed by atoms with E-state index >= 15 is 0 Å². The van der Waals surface area contributed by atoms with Crippen LogP contribution in [-0.4, -0.2) is 18.5 Å². The van der Waals surface area contributed by atoms with Gasteiger partial charge in [0.1, 0.15) is 0 Å². The Balaban J connectivity index is 4.22. The lowest BCUT2D eigenvalue weighted by molar-refractivity contribution is 0.456. The van der Waals surface area contributed by atoms with Crippen LogP contribution >= 0.6 is 0 Å². The van der Waals surface area contributed by atoms with Crippen LogP contribution in [0.25, 0.3) is 0 Å². The molecule has 0 radical (unpaired) electrons. The van der Waals surface area contributed by atoms with Gasteiger partial charge in [-0.05, 0) is 25.5 Å². The van der Waals surface area contributed by atoms with Gasteiger partial charge >= 0.3 is 0 Å². The van der Waals surface area contributed by atoms with E-state index in [2.05, 4.69) is 50.6 Å². The zero-order valence-electron chi connectivity index (χ0n) is 8.38. The number of likely N-dealkylation sites (N-methyl/N-ethyl adjacent to an activating group) is 1. The Bertz CT molecular complexity index is 177. The Morgan fingerprint density at radius 2 is 2.08 bits per heavy atom. The van der Waals surface area contributed by atoms with Gasteiger partial charge in [0.15, 0.2) is 0 Å². The fourth-order valence-electron chi connectivity index (χ4n) is 0.836. The van der Waals surface area contributed by atoms with Crippen LogP contribution in [0.3, 0.4) is 0 Å². The van der Waals surface area contributed by atoms with Gasteiger partial charge < -0.3 is 4.90 Å². The molecule has 0 aromatic heterocycles. The first-order valence-corrected chi connectivity index (χ1v) is 4.46. The number of allylic oxidation sites excluding steroid dienone is 4. The zero-order valence-corrected chi connectivity index (χ0v) is 8.38. The predicted octanol–water partition coefficient (Wildman–Crippen LogP) is 2.97. The molecular formula is C11H19N. The Kier molecular flexibility index (Phi) is 6.16. The lowest BCUT2D eigenvalue weighted by Gasteiger charge is -2.16. The molecule has 0 saturated heterocycles. The van der Waals surface area contributed by atoms with Crippen molar-refractivity contribution >= 4 is 0 Å². The highest BCUT2D eigenvalue weighted by molar-refractivity contribution is 5.20. The van der Waals surface area contributed by atoms with Crippen LogP contribution in [0.5, 0.6) is 0 Å². The first-order valence-electron chi connectivity index (χ1n) is 4.46. The van der Waals surface area contributed by atoms with Gasteiger partial charge in [-0.25, -0.2) is 0 Å². The van der Waals surface area contributed by atoms with E-state index in [0.717, 1.165) is 13.0 Å². The highest BCUT2D eigenvalue weighted by Crippen LogP contribution is 2.01. The molecule has 0 bridgehead atoms. The number of nitrogens with zero attached hydrogens (tertiary/aromatic N) is 1. The SMILES string of the molecule is C=C/C(=C\C=C/CC)N(C)CC. The Hall–Kier alpha value is -0.980. The van der Waals surface area contributed by atoms with Crippen molar-refractivity contribution in [1.82, 2.24) is 4.90 Å². The van der Waals surface area contributed by atoms with Gasteiger partial charge in [0.25, 0.3) is 0 Å². The van der Waals surface area contributed by atoms with E-state index in [1.54, 1.807) is 0 Å². The van der Waals surface area contributed by atoms with Gasteiger partial charge in [0.2, 0.25) is 0 Å². The maximum absolute atomic E-state index is 3.76. The molecule has 68 valence electrons. The summed E-state index contributed by atoms with van der Waals surface area (Å²) in [6.45, 7) is 9.03. The van der Waals surface area contributed by atoms with E-state index in [4.69, 9.17) is 0 Å². The zero-order chi connectivity index (χ0) is 9.40. The van der Waals surface area contributed by atoms with Crippen molar-refractivity contribution < 1.29 is 0 Å². The largest absolute Gasteiger partial charge is 0.375 e. The second kappa shape index (κ2) is 6.71. The van der Waals surface area contributed by atoms with Gasteiger partial charge in [-0.15, -0.1) is 0 Å². The molecule has 12 heavy (non-hydrogen) atoms. The third kappa shape index (κ3) is 4.02. The average Bonchev–Trinajstić information content (AvgIpc) is 2.11. The van der Waals surface area contributed by atoms with E-state index < -0.39 is 0 Å². The van der Waals surface area contributed by atoms with Crippen molar-refractivity contribution in [2.75, 3.05) is 13.6 Å². The standard InChI is InChI=1S/C11H19N/c1-5-8-9-10-11(6-2)12(4)7-3/h6,8-10H,2,5,7H2,1,3-4H3/b9-8-,11-10+. The average molecular weight is 165 g/mol. The number of hydrogen-bond acceptors (Lipinski definition) is 1. The van der Waals surface area contributed by atoms with Gasteiger partial charge in [0, 0.05) is 19.3 Å². The maximum Gasteiger partial charge on any atom is 0.0357 e. The van der Waals surface area contributed by atoms with Gasteiger partial charge in [-0.2, -0.15) is 0 Å². The Morgan fingerprint density at radius 1 is 1.42 bits per heavy atom. The molecule has 0 atom stereocenters. The van der Waals surface area contributed by atoms with Crippen LogP contribution in [-0.2, 0) is 0 Å². The highest BCUT2D eigenvalue weighted by Gasteiger charge is 1.93. The molecule has 0 spiro atoms. The Morgan fingerprint density at radius 3 is 2.50 bits per heavy atom. The summed E-state index contributed by atoms with van der Waals surface area (Å²) < 4.78 is 0. The number of hydrogen-bond donors (Lipinski definition) is 0. The van der Waals surface area contributed by atoms with Crippen molar-refractivity contribution in [1.29, 1.82) is 0 Å². The summed E-state index contributed by atoms with van der Waals surface area (Å²) in [5, 5.41) is 0. The van der Waals surface area contributed by atoms with Gasteiger partial charge in [-0.1, -0.05) is 25.7 Å². The summed E-state index contributed by atoms with van der Waals surface area (Å²) in [7, 11) is 2.06. The van der Waals surface area contributed by atoms with E-state index in [1.807, 2.05) is 6.08 Å². The van der Waals surface area contributed by atoms with Gasteiger partial charge in [-0.3, -0.25) is 0 Å². The first-order chi connectivity index (χ1) is 5.76. The normalized spacial score (nSPS) is 12.1. The molecule has 0 saturated carbocycles. The van der Waals surface area contributed by atoms with Crippen molar-refractivity contribution in [2.24, 2.45) is 0 Å². The van der Waals surface area contributed by atoms with Crippen LogP contribution in [0.2, 0.25) is 0 Å². The third-order valence-corrected chi connectivity index (χ3v) is 1.76. The van der Waals surface area contributed by atoms with Gasteiger partial charge in [0.05, 0.1) is 0 Å². The lowest BCUT2D eigenvalue weighted by atomic mass is 10.3. The molecule has 0 rings (SSSR count). The molecular weight excluding hydrogens is 146 g/mol. The Labute approximate surface area is 76.1 Å². The van der Waals surface area contributed by atoms with E-state index in [9.17, 15) is 0 Å². The van der Waals surface area contributed by atoms with Crippen LogP contribution < -0.4 is 0 Å². The monoisotopic (exact) mass is 165 g/mol.